The van der Waals surface area contributed by atoms with E-state index in [-0.39, 0.29) is 11.6 Å². The molecule has 1 heterocycles. The summed E-state index contributed by atoms with van der Waals surface area (Å²) in [7, 11) is 0. The molecule has 2 amide bonds. The van der Waals surface area contributed by atoms with Gasteiger partial charge in [0.25, 0.3) is 0 Å². The number of carbonyl (C=O) groups is 2. The maximum absolute atomic E-state index is 13.6. The highest BCUT2D eigenvalue weighted by molar-refractivity contribution is 6.09. The summed E-state index contributed by atoms with van der Waals surface area (Å²) in [6.45, 7) is 4.96. The number of rotatable bonds is 3. The predicted octanol–water partition coefficient (Wildman–Crippen LogP) is 1.65. The molecule has 0 radical (unpaired) electrons. The van der Waals surface area contributed by atoms with Crippen molar-refractivity contribution in [3.05, 3.63) is 30.1 Å². The van der Waals surface area contributed by atoms with E-state index in [0.717, 1.165) is 0 Å². The van der Waals surface area contributed by atoms with Crippen LogP contribution in [0.4, 0.5) is 10.1 Å². The normalized spacial score (nSPS) is 15.7. The molecule has 6 heteroatoms. The predicted molar refractivity (Wildman–Crippen MR) is 76.2 cm³/mol. The number of nitrogens with zero attached hydrogens (tertiary/aromatic N) is 1. The molecule has 5 nitrogen and oxygen atoms in total. The second kappa shape index (κ2) is 6.22. The Hall–Kier alpha value is -1.95. The molecule has 1 fully saturated rings. The molecule has 1 aliphatic rings. The van der Waals surface area contributed by atoms with E-state index in [1.165, 1.54) is 18.2 Å². The molecule has 0 atom stereocenters. The molecule has 0 aliphatic carbocycles. The molecule has 0 unspecified atom stereocenters. The number of amides is 2. The molecule has 1 aliphatic heterocycles. The van der Waals surface area contributed by atoms with E-state index in [9.17, 15) is 14.0 Å². The first-order valence-electron chi connectivity index (χ1n) is 6.86. The van der Waals surface area contributed by atoms with Crippen LogP contribution in [0.15, 0.2) is 24.3 Å². The molecule has 0 saturated carbocycles. The summed E-state index contributed by atoms with van der Waals surface area (Å²) in [5.41, 5.74) is -1.19. The Bertz CT molecular complexity index is 539. The number of benzene rings is 1. The van der Waals surface area contributed by atoms with Crippen molar-refractivity contribution in [2.45, 2.75) is 13.8 Å². The Morgan fingerprint density at radius 1 is 1.24 bits per heavy atom. The largest absolute Gasteiger partial charge is 0.378 e. The Morgan fingerprint density at radius 3 is 2.48 bits per heavy atom. The van der Waals surface area contributed by atoms with Gasteiger partial charge in [0.15, 0.2) is 0 Å². The van der Waals surface area contributed by atoms with Crippen LogP contribution in [-0.4, -0.2) is 43.0 Å². The van der Waals surface area contributed by atoms with Crippen LogP contribution in [0.3, 0.4) is 0 Å². The molecule has 21 heavy (non-hydrogen) atoms. The summed E-state index contributed by atoms with van der Waals surface area (Å²) in [5, 5.41) is 2.48. The van der Waals surface area contributed by atoms with Crippen molar-refractivity contribution in [1.29, 1.82) is 0 Å². The third-order valence-corrected chi connectivity index (χ3v) is 3.52. The molecular weight excluding hydrogens is 275 g/mol. The first kappa shape index (κ1) is 15.4. The highest BCUT2D eigenvalue weighted by Crippen LogP contribution is 2.23. The van der Waals surface area contributed by atoms with Gasteiger partial charge in [-0.25, -0.2) is 4.39 Å². The summed E-state index contributed by atoms with van der Waals surface area (Å²) in [6.07, 6.45) is 0. The minimum absolute atomic E-state index is 0.0744. The minimum Gasteiger partial charge on any atom is -0.378 e. The van der Waals surface area contributed by atoms with Crippen LogP contribution in [0.5, 0.6) is 0 Å². The third kappa shape index (κ3) is 3.39. The first-order valence-corrected chi connectivity index (χ1v) is 6.86. The van der Waals surface area contributed by atoms with Gasteiger partial charge in [0, 0.05) is 13.1 Å². The maximum Gasteiger partial charge on any atom is 0.239 e. The van der Waals surface area contributed by atoms with Crippen molar-refractivity contribution in [1.82, 2.24) is 4.90 Å². The minimum atomic E-state index is -1.26. The van der Waals surface area contributed by atoms with Crippen molar-refractivity contribution >= 4 is 17.5 Å². The fourth-order valence-corrected chi connectivity index (χ4v) is 2.10. The molecule has 1 N–H and O–H groups in total. The Kier molecular flexibility index (Phi) is 4.57. The summed E-state index contributed by atoms with van der Waals surface area (Å²) in [5.74, 6) is -1.33. The van der Waals surface area contributed by atoms with Gasteiger partial charge < -0.3 is 15.0 Å². The number of hydrogen-bond acceptors (Lipinski definition) is 3. The molecule has 0 aromatic heterocycles. The molecule has 0 bridgehead atoms. The van der Waals surface area contributed by atoms with E-state index in [2.05, 4.69) is 5.32 Å². The lowest BCUT2D eigenvalue weighted by Gasteiger charge is -2.33. The summed E-state index contributed by atoms with van der Waals surface area (Å²) in [6, 6.07) is 5.87. The zero-order chi connectivity index (χ0) is 15.5. The second-order valence-corrected chi connectivity index (χ2v) is 5.46. The summed E-state index contributed by atoms with van der Waals surface area (Å²) < 4.78 is 18.8. The average molecular weight is 294 g/mol. The fraction of sp³-hybridized carbons (Fsp3) is 0.467. The fourth-order valence-electron chi connectivity index (χ4n) is 2.10. The number of nitrogens with one attached hydrogen (secondary N) is 1. The standard InChI is InChI=1S/C15H19FN2O3/c1-15(2,14(20)18-7-9-21-10-8-18)13(19)17-12-6-4-3-5-11(12)16/h3-6H,7-10H2,1-2H3,(H,17,19). The number of halogens is 1. The molecule has 0 spiro atoms. The van der Waals surface area contributed by atoms with Crippen LogP contribution in [-0.2, 0) is 14.3 Å². The second-order valence-electron chi connectivity index (χ2n) is 5.46. The molecule has 114 valence electrons. The highest BCUT2D eigenvalue weighted by Gasteiger charge is 2.39. The van der Waals surface area contributed by atoms with Crippen LogP contribution in [0.2, 0.25) is 0 Å². The van der Waals surface area contributed by atoms with E-state index in [0.29, 0.717) is 26.3 Å². The lowest BCUT2D eigenvalue weighted by atomic mass is 9.90. The Balaban J connectivity index is 2.09. The van der Waals surface area contributed by atoms with E-state index in [1.807, 2.05) is 0 Å². The van der Waals surface area contributed by atoms with E-state index >= 15 is 0 Å². The van der Waals surface area contributed by atoms with Gasteiger partial charge in [0.2, 0.25) is 11.8 Å². The van der Waals surface area contributed by atoms with Crippen molar-refractivity contribution in [2.75, 3.05) is 31.6 Å². The first-order chi connectivity index (χ1) is 9.93. The number of para-hydroxylation sites is 1. The molecule has 1 aromatic carbocycles. The lowest BCUT2D eigenvalue weighted by Crippen LogP contribution is -2.51. The van der Waals surface area contributed by atoms with Gasteiger partial charge >= 0.3 is 0 Å². The van der Waals surface area contributed by atoms with Crippen molar-refractivity contribution in [3.63, 3.8) is 0 Å². The molecule has 2 rings (SSSR count). The van der Waals surface area contributed by atoms with Gasteiger partial charge in [-0.05, 0) is 26.0 Å². The van der Waals surface area contributed by atoms with Crippen LogP contribution in [0, 0.1) is 11.2 Å². The smallest absolute Gasteiger partial charge is 0.239 e. The van der Waals surface area contributed by atoms with Gasteiger partial charge in [-0.3, -0.25) is 9.59 Å². The van der Waals surface area contributed by atoms with Crippen molar-refractivity contribution < 1.29 is 18.7 Å². The summed E-state index contributed by atoms with van der Waals surface area (Å²) in [4.78, 5) is 26.4. The molecule has 1 aromatic rings. The lowest BCUT2D eigenvalue weighted by molar-refractivity contribution is -0.149. The summed E-state index contributed by atoms with van der Waals surface area (Å²) >= 11 is 0. The third-order valence-electron chi connectivity index (χ3n) is 3.52. The zero-order valence-corrected chi connectivity index (χ0v) is 12.2. The van der Waals surface area contributed by atoms with Gasteiger partial charge in [-0.15, -0.1) is 0 Å². The SMILES string of the molecule is CC(C)(C(=O)Nc1ccccc1F)C(=O)N1CCOCC1. The van der Waals surface area contributed by atoms with Gasteiger partial charge in [0.05, 0.1) is 18.9 Å². The number of anilines is 1. The molecular formula is C15H19FN2O3. The quantitative estimate of drug-likeness (QED) is 0.862. The number of carbonyl (C=O) groups excluding carboxylic acids is 2. The van der Waals surface area contributed by atoms with Crippen LogP contribution in [0.1, 0.15) is 13.8 Å². The topological polar surface area (TPSA) is 58.6 Å². The van der Waals surface area contributed by atoms with E-state index < -0.39 is 17.1 Å². The van der Waals surface area contributed by atoms with Gasteiger partial charge in [0.1, 0.15) is 11.2 Å². The van der Waals surface area contributed by atoms with Crippen molar-refractivity contribution in [2.24, 2.45) is 5.41 Å². The highest BCUT2D eigenvalue weighted by atomic mass is 19.1. The monoisotopic (exact) mass is 294 g/mol. The zero-order valence-electron chi connectivity index (χ0n) is 12.2. The Morgan fingerprint density at radius 2 is 1.86 bits per heavy atom. The van der Waals surface area contributed by atoms with Crippen LogP contribution >= 0.6 is 0 Å². The maximum atomic E-state index is 13.6. The van der Waals surface area contributed by atoms with Gasteiger partial charge in [-0.1, -0.05) is 12.1 Å². The van der Waals surface area contributed by atoms with Crippen LogP contribution < -0.4 is 5.32 Å². The van der Waals surface area contributed by atoms with E-state index in [4.69, 9.17) is 4.74 Å². The van der Waals surface area contributed by atoms with Crippen LogP contribution in [0.25, 0.3) is 0 Å². The number of morpholine rings is 1. The average Bonchev–Trinajstić information content (AvgIpc) is 2.49. The molecule has 1 saturated heterocycles. The van der Waals surface area contributed by atoms with E-state index in [1.54, 1.807) is 24.8 Å². The number of ether oxygens (including phenoxy) is 1. The van der Waals surface area contributed by atoms with Gasteiger partial charge in [-0.2, -0.15) is 0 Å². The van der Waals surface area contributed by atoms with Crippen molar-refractivity contribution in [3.8, 4) is 0 Å². The number of hydrogen-bond donors (Lipinski definition) is 1. The Labute approximate surface area is 123 Å².